The van der Waals surface area contributed by atoms with Crippen LogP contribution in [0.4, 0.5) is 0 Å². The average Bonchev–Trinajstić information content (AvgIpc) is 2.24. The van der Waals surface area contributed by atoms with Crippen LogP contribution in [0.2, 0.25) is 0 Å². The van der Waals surface area contributed by atoms with Crippen LogP contribution in [0.5, 0.6) is 0 Å². The van der Waals surface area contributed by atoms with Crippen molar-refractivity contribution in [3.05, 3.63) is 11.8 Å². The second-order valence-electron chi connectivity index (χ2n) is 5.05. The second-order valence-corrected chi connectivity index (χ2v) is 6.20. The van der Waals surface area contributed by atoms with Gasteiger partial charge >= 0.3 is 5.97 Å². The highest BCUT2D eigenvalue weighted by Crippen LogP contribution is 2.36. The number of carbonyl (C=O) groups excluding carboxylic acids is 2. The van der Waals surface area contributed by atoms with Crippen LogP contribution in [0.3, 0.4) is 0 Å². The summed E-state index contributed by atoms with van der Waals surface area (Å²) in [5.41, 5.74) is 5.44. The molecule has 1 fully saturated rings. The van der Waals surface area contributed by atoms with E-state index in [-0.39, 0.29) is 11.3 Å². The largest absolute Gasteiger partial charge is 0.455 e. The average molecular weight is 256 g/mol. The fourth-order valence-electron chi connectivity index (χ4n) is 1.76. The van der Waals surface area contributed by atoms with E-state index in [9.17, 15) is 9.59 Å². The van der Waals surface area contributed by atoms with Crippen molar-refractivity contribution >= 4 is 23.6 Å². The summed E-state index contributed by atoms with van der Waals surface area (Å²) in [7, 11) is 0. The molecule has 2 aliphatic rings. The molecule has 2 atom stereocenters. The molecule has 17 heavy (non-hydrogen) atoms. The van der Waals surface area contributed by atoms with Gasteiger partial charge in [-0.1, -0.05) is 0 Å². The molecule has 94 valence electrons. The zero-order valence-corrected chi connectivity index (χ0v) is 10.9. The van der Waals surface area contributed by atoms with Crippen LogP contribution in [0.1, 0.15) is 20.8 Å². The van der Waals surface area contributed by atoms with E-state index in [1.165, 1.54) is 4.90 Å². The molecule has 1 amide bonds. The van der Waals surface area contributed by atoms with Gasteiger partial charge in [0.05, 0.1) is 0 Å². The van der Waals surface area contributed by atoms with Gasteiger partial charge in [0, 0.05) is 5.75 Å². The summed E-state index contributed by atoms with van der Waals surface area (Å²) in [5, 5.41) is -0.116. The molecular weight excluding hydrogens is 240 g/mol. The molecular formula is C11H16N2O3S. The lowest BCUT2D eigenvalue weighted by Gasteiger charge is -2.47. The number of rotatable bonds is 1. The number of nitrogens with two attached hydrogens (primary N) is 1. The predicted molar refractivity (Wildman–Crippen MR) is 65.0 cm³/mol. The lowest BCUT2D eigenvalue weighted by Crippen LogP contribution is -2.68. The Balaban J connectivity index is 2.14. The number of fused-ring (bicyclic) bond motifs is 1. The van der Waals surface area contributed by atoms with Crippen molar-refractivity contribution in [2.45, 2.75) is 37.8 Å². The Hall–Kier alpha value is -1.01. The number of hydrogen-bond donors (Lipinski definition) is 1. The van der Waals surface area contributed by atoms with Crippen LogP contribution >= 0.6 is 11.8 Å². The van der Waals surface area contributed by atoms with E-state index < -0.39 is 17.6 Å². The van der Waals surface area contributed by atoms with Gasteiger partial charge < -0.3 is 10.5 Å². The number of thioether (sulfide) groups is 1. The number of carbonyl (C=O) groups is 2. The second kappa shape index (κ2) is 4.03. The topological polar surface area (TPSA) is 72.6 Å². The van der Waals surface area contributed by atoms with Gasteiger partial charge in [-0.15, -0.1) is 11.8 Å². The third-order valence-corrected chi connectivity index (χ3v) is 3.70. The highest BCUT2D eigenvalue weighted by molar-refractivity contribution is 8.00. The summed E-state index contributed by atoms with van der Waals surface area (Å²) in [6.45, 7) is 5.39. The van der Waals surface area contributed by atoms with Crippen molar-refractivity contribution in [3.63, 3.8) is 0 Å². The predicted octanol–water partition coefficient (Wildman–Crippen LogP) is 0.454. The Morgan fingerprint density at radius 1 is 1.59 bits per heavy atom. The summed E-state index contributed by atoms with van der Waals surface area (Å²) < 4.78 is 5.26. The number of ether oxygens (including phenoxy) is 1. The first-order valence-electron chi connectivity index (χ1n) is 5.45. The molecule has 0 bridgehead atoms. The van der Waals surface area contributed by atoms with Gasteiger partial charge in [-0.3, -0.25) is 9.69 Å². The molecule has 1 unspecified atom stereocenters. The fourth-order valence-corrected chi connectivity index (χ4v) is 2.90. The summed E-state index contributed by atoms with van der Waals surface area (Å²) in [6, 6.07) is -0.494. The van der Waals surface area contributed by atoms with E-state index in [0.29, 0.717) is 11.4 Å². The number of amides is 1. The quantitative estimate of drug-likeness (QED) is 0.545. The van der Waals surface area contributed by atoms with Crippen molar-refractivity contribution in [3.8, 4) is 0 Å². The molecule has 0 aromatic heterocycles. The SMILES string of the molecule is CC(C)(C)OC(=O)C1=CCS[C@@H]2C(N)C(=O)N12. The lowest BCUT2D eigenvalue weighted by molar-refractivity contribution is -0.157. The normalized spacial score (nSPS) is 28.1. The van der Waals surface area contributed by atoms with Gasteiger partial charge in [-0.2, -0.15) is 0 Å². The van der Waals surface area contributed by atoms with Gasteiger partial charge in [0.1, 0.15) is 22.7 Å². The van der Waals surface area contributed by atoms with E-state index >= 15 is 0 Å². The van der Waals surface area contributed by atoms with Crippen LogP contribution in [0.15, 0.2) is 11.8 Å². The van der Waals surface area contributed by atoms with Crippen LogP contribution in [0.25, 0.3) is 0 Å². The van der Waals surface area contributed by atoms with E-state index in [1.807, 2.05) is 0 Å². The Labute approximate surface area is 104 Å². The molecule has 6 heteroatoms. The molecule has 2 N–H and O–H groups in total. The minimum Gasteiger partial charge on any atom is -0.455 e. The number of esters is 1. The van der Waals surface area contributed by atoms with Crippen molar-refractivity contribution in [1.82, 2.24) is 4.90 Å². The van der Waals surface area contributed by atoms with Crippen molar-refractivity contribution < 1.29 is 14.3 Å². The fraction of sp³-hybridized carbons (Fsp3) is 0.636. The molecule has 2 aliphatic heterocycles. The van der Waals surface area contributed by atoms with Gasteiger partial charge in [0.2, 0.25) is 5.91 Å². The first-order chi connectivity index (χ1) is 7.81. The Bertz CT molecular complexity index is 400. The van der Waals surface area contributed by atoms with Gasteiger partial charge in [-0.25, -0.2) is 4.79 Å². The lowest BCUT2D eigenvalue weighted by atomic mass is 10.1. The zero-order chi connectivity index (χ0) is 12.8. The highest BCUT2D eigenvalue weighted by atomic mass is 32.2. The monoisotopic (exact) mass is 256 g/mol. The summed E-state index contributed by atoms with van der Waals surface area (Å²) in [6.07, 6.45) is 1.72. The highest BCUT2D eigenvalue weighted by Gasteiger charge is 2.50. The Kier molecular flexibility index (Phi) is 2.95. The van der Waals surface area contributed by atoms with Gasteiger partial charge in [-0.05, 0) is 26.8 Å². The molecule has 0 aromatic carbocycles. The van der Waals surface area contributed by atoms with Gasteiger partial charge in [0.25, 0.3) is 0 Å². The van der Waals surface area contributed by atoms with E-state index in [4.69, 9.17) is 10.5 Å². The molecule has 0 aliphatic carbocycles. The first-order valence-corrected chi connectivity index (χ1v) is 6.50. The maximum absolute atomic E-state index is 11.9. The molecule has 2 rings (SSSR count). The van der Waals surface area contributed by atoms with E-state index in [0.717, 1.165) is 0 Å². The zero-order valence-electron chi connectivity index (χ0n) is 10.1. The number of nitrogens with zero attached hydrogens (tertiary/aromatic N) is 1. The summed E-state index contributed by atoms with van der Waals surface area (Å²) >= 11 is 1.56. The maximum atomic E-state index is 11.9. The Morgan fingerprint density at radius 2 is 2.24 bits per heavy atom. The molecule has 1 saturated heterocycles. The molecule has 0 spiro atoms. The summed E-state index contributed by atoms with van der Waals surface area (Å²) in [4.78, 5) is 25.0. The summed E-state index contributed by atoms with van der Waals surface area (Å²) in [5.74, 6) is 0.0128. The third-order valence-electron chi connectivity index (χ3n) is 2.50. The van der Waals surface area contributed by atoms with E-state index in [2.05, 4.69) is 0 Å². The maximum Gasteiger partial charge on any atom is 0.355 e. The van der Waals surface area contributed by atoms with E-state index in [1.54, 1.807) is 38.6 Å². The van der Waals surface area contributed by atoms with Crippen LogP contribution in [0, 0.1) is 0 Å². The van der Waals surface area contributed by atoms with Crippen molar-refractivity contribution in [2.24, 2.45) is 5.73 Å². The molecule has 2 heterocycles. The third kappa shape index (κ3) is 2.19. The number of hydrogen-bond acceptors (Lipinski definition) is 5. The van der Waals surface area contributed by atoms with Crippen LogP contribution in [-0.4, -0.2) is 39.5 Å². The van der Waals surface area contributed by atoms with Crippen LogP contribution < -0.4 is 5.73 Å². The van der Waals surface area contributed by atoms with Crippen molar-refractivity contribution in [1.29, 1.82) is 0 Å². The standard InChI is InChI=1S/C11H16N2O3S/c1-11(2,3)16-10(15)6-4-5-17-9-7(12)8(14)13(6)9/h4,7,9H,5,12H2,1-3H3/t7?,9-/m1/s1. The molecule has 5 nitrogen and oxygen atoms in total. The number of β-lactam (4-membered cyclic amide) rings is 1. The smallest absolute Gasteiger partial charge is 0.355 e. The molecule has 0 saturated carbocycles. The molecule has 0 radical (unpaired) electrons. The van der Waals surface area contributed by atoms with Crippen molar-refractivity contribution in [2.75, 3.05) is 5.75 Å². The minimum atomic E-state index is -0.561. The van der Waals surface area contributed by atoms with Gasteiger partial charge in [0.15, 0.2) is 0 Å². The van der Waals surface area contributed by atoms with Crippen LogP contribution in [-0.2, 0) is 14.3 Å². The molecule has 0 aromatic rings. The minimum absolute atomic E-state index is 0.116. The first kappa shape index (κ1) is 12.4. The Morgan fingerprint density at radius 3 is 2.82 bits per heavy atom.